The molecule has 0 radical (unpaired) electrons. The van der Waals surface area contributed by atoms with Gasteiger partial charge in [-0.3, -0.25) is 0 Å². The molecule has 4 heteroatoms. The molecule has 22 heavy (non-hydrogen) atoms. The summed E-state index contributed by atoms with van der Waals surface area (Å²) in [6.07, 6.45) is 5.50. The largest absolute Gasteiger partial charge is 0.493 e. The van der Waals surface area contributed by atoms with Crippen LogP contribution in [-0.2, 0) is 6.42 Å². The van der Waals surface area contributed by atoms with Crippen molar-refractivity contribution >= 4 is 0 Å². The molecule has 0 saturated carbocycles. The topological polar surface area (TPSA) is 47.7 Å². The first-order valence-corrected chi connectivity index (χ1v) is 8.62. The highest BCUT2D eigenvalue weighted by atomic mass is 16.5. The molecule has 2 heterocycles. The van der Waals surface area contributed by atoms with Gasteiger partial charge in [-0.05, 0) is 64.3 Å². The van der Waals surface area contributed by atoms with Crippen molar-refractivity contribution in [1.82, 2.24) is 4.90 Å². The second-order valence-electron chi connectivity index (χ2n) is 6.43. The maximum atomic E-state index is 6.47. The van der Waals surface area contributed by atoms with E-state index in [0.29, 0.717) is 6.61 Å². The smallest absolute Gasteiger partial charge is 0.127 e. The summed E-state index contributed by atoms with van der Waals surface area (Å²) in [6.45, 7) is 6.89. The van der Waals surface area contributed by atoms with Crippen molar-refractivity contribution < 1.29 is 9.47 Å². The molecule has 0 aromatic heterocycles. The summed E-state index contributed by atoms with van der Waals surface area (Å²) in [5, 5.41) is 0. The first-order valence-electron chi connectivity index (χ1n) is 8.62. The number of nitrogens with two attached hydrogens (primary N) is 1. The third-order valence-electron chi connectivity index (χ3n) is 4.99. The molecule has 2 aliphatic heterocycles. The summed E-state index contributed by atoms with van der Waals surface area (Å²) in [6, 6.07) is 6.19. The summed E-state index contributed by atoms with van der Waals surface area (Å²) < 4.78 is 12.2. The van der Waals surface area contributed by atoms with Crippen LogP contribution < -0.4 is 15.2 Å². The van der Waals surface area contributed by atoms with Gasteiger partial charge < -0.3 is 20.1 Å². The summed E-state index contributed by atoms with van der Waals surface area (Å²) in [5.41, 5.74) is 6.90. The molecule has 0 unspecified atom stereocenters. The van der Waals surface area contributed by atoms with Gasteiger partial charge in [-0.2, -0.15) is 0 Å². The number of benzene rings is 1. The fourth-order valence-electron chi connectivity index (χ4n) is 3.67. The van der Waals surface area contributed by atoms with Crippen LogP contribution in [0, 0.1) is 0 Å². The molecule has 122 valence electrons. The maximum absolute atomic E-state index is 6.47. The Hall–Kier alpha value is -1.26. The molecule has 1 aromatic carbocycles. The average Bonchev–Trinajstić information content (AvgIpc) is 2.55. The number of hydrogen-bond acceptors (Lipinski definition) is 4. The lowest BCUT2D eigenvalue weighted by atomic mass is 9.83. The summed E-state index contributed by atoms with van der Waals surface area (Å²) >= 11 is 0. The molecule has 0 bridgehead atoms. The van der Waals surface area contributed by atoms with E-state index >= 15 is 0 Å². The molecular formula is C18H28N2O2. The minimum Gasteiger partial charge on any atom is -0.493 e. The van der Waals surface area contributed by atoms with Crippen LogP contribution >= 0.6 is 0 Å². The van der Waals surface area contributed by atoms with E-state index in [1.165, 1.54) is 5.56 Å². The van der Waals surface area contributed by atoms with E-state index in [0.717, 1.165) is 69.8 Å². The molecule has 2 aliphatic rings. The molecular weight excluding hydrogens is 276 g/mol. The van der Waals surface area contributed by atoms with E-state index in [9.17, 15) is 0 Å². The van der Waals surface area contributed by atoms with Gasteiger partial charge in [0.2, 0.25) is 0 Å². The Balaban J connectivity index is 1.66. The molecule has 2 N–H and O–H groups in total. The molecule has 0 atom stereocenters. The standard InChI is InChI=1S/C18H28N2O2/c1-2-21-16-5-3-6-17-15(16)7-8-18(22-17)9-13-20(14-10-18)12-4-11-19/h3,5-6H,2,4,7-14,19H2,1H3. The Labute approximate surface area is 133 Å². The Morgan fingerprint density at radius 2 is 2.09 bits per heavy atom. The molecule has 1 saturated heterocycles. The van der Waals surface area contributed by atoms with Crippen LogP contribution in [0.2, 0.25) is 0 Å². The van der Waals surface area contributed by atoms with Crippen molar-refractivity contribution in [2.75, 3.05) is 32.8 Å². The zero-order valence-corrected chi connectivity index (χ0v) is 13.6. The predicted molar refractivity (Wildman–Crippen MR) is 88.6 cm³/mol. The maximum Gasteiger partial charge on any atom is 0.127 e. The minimum atomic E-state index is 0.0387. The van der Waals surface area contributed by atoms with Gasteiger partial charge in [0.1, 0.15) is 17.1 Å². The van der Waals surface area contributed by atoms with E-state index < -0.39 is 0 Å². The Morgan fingerprint density at radius 1 is 1.27 bits per heavy atom. The lowest BCUT2D eigenvalue weighted by molar-refractivity contribution is -0.0149. The van der Waals surface area contributed by atoms with Gasteiger partial charge >= 0.3 is 0 Å². The normalized spacial score (nSPS) is 20.5. The first kappa shape index (κ1) is 15.6. The van der Waals surface area contributed by atoms with Crippen LogP contribution in [-0.4, -0.2) is 43.3 Å². The minimum absolute atomic E-state index is 0.0387. The summed E-state index contributed by atoms with van der Waals surface area (Å²) in [7, 11) is 0. The van der Waals surface area contributed by atoms with E-state index in [1.807, 2.05) is 13.0 Å². The first-order chi connectivity index (χ1) is 10.8. The highest BCUT2D eigenvalue weighted by Gasteiger charge is 2.39. The van der Waals surface area contributed by atoms with Gasteiger partial charge in [0.25, 0.3) is 0 Å². The zero-order chi connectivity index (χ0) is 15.4. The van der Waals surface area contributed by atoms with Crippen molar-refractivity contribution in [1.29, 1.82) is 0 Å². The molecule has 1 spiro atoms. The molecule has 0 aliphatic carbocycles. The van der Waals surface area contributed by atoms with Crippen LogP contribution in [0.1, 0.15) is 38.2 Å². The van der Waals surface area contributed by atoms with Gasteiger partial charge in [-0.1, -0.05) is 6.07 Å². The number of likely N-dealkylation sites (tertiary alicyclic amines) is 1. The van der Waals surface area contributed by atoms with Crippen molar-refractivity contribution in [2.45, 2.75) is 44.6 Å². The van der Waals surface area contributed by atoms with E-state index in [1.54, 1.807) is 0 Å². The second kappa shape index (κ2) is 6.88. The third kappa shape index (κ3) is 3.23. The second-order valence-corrected chi connectivity index (χ2v) is 6.43. The quantitative estimate of drug-likeness (QED) is 0.908. The van der Waals surface area contributed by atoms with Gasteiger partial charge in [0, 0.05) is 18.7 Å². The van der Waals surface area contributed by atoms with Gasteiger partial charge in [-0.15, -0.1) is 0 Å². The van der Waals surface area contributed by atoms with Gasteiger partial charge in [0.15, 0.2) is 0 Å². The van der Waals surface area contributed by atoms with Crippen LogP contribution in [0.4, 0.5) is 0 Å². The highest BCUT2D eigenvalue weighted by molar-refractivity contribution is 5.46. The molecule has 3 rings (SSSR count). The Bertz CT molecular complexity index is 496. The van der Waals surface area contributed by atoms with Gasteiger partial charge in [-0.25, -0.2) is 0 Å². The lowest BCUT2D eigenvalue weighted by Crippen LogP contribution is -2.50. The monoisotopic (exact) mass is 304 g/mol. The van der Waals surface area contributed by atoms with Crippen molar-refractivity contribution in [3.63, 3.8) is 0 Å². The third-order valence-corrected chi connectivity index (χ3v) is 4.99. The number of piperidine rings is 1. The SMILES string of the molecule is CCOc1cccc2c1CCC1(CCN(CCCN)CC1)O2. The number of ether oxygens (including phenoxy) is 2. The molecule has 1 fully saturated rings. The average molecular weight is 304 g/mol. The summed E-state index contributed by atoms with van der Waals surface area (Å²) in [5.74, 6) is 2.03. The van der Waals surface area contributed by atoms with Crippen LogP contribution in [0.15, 0.2) is 18.2 Å². The van der Waals surface area contributed by atoms with E-state index in [2.05, 4.69) is 17.0 Å². The van der Waals surface area contributed by atoms with Crippen molar-refractivity contribution in [3.8, 4) is 11.5 Å². The zero-order valence-electron chi connectivity index (χ0n) is 13.6. The molecule has 4 nitrogen and oxygen atoms in total. The van der Waals surface area contributed by atoms with Crippen molar-refractivity contribution in [3.05, 3.63) is 23.8 Å². The van der Waals surface area contributed by atoms with Crippen LogP contribution in [0.3, 0.4) is 0 Å². The fraction of sp³-hybridized carbons (Fsp3) is 0.667. The van der Waals surface area contributed by atoms with Crippen LogP contribution in [0.5, 0.6) is 11.5 Å². The highest BCUT2D eigenvalue weighted by Crippen LogP contribution is 2.42. The van der Waals surface area contributed by atoms with Crippen molar-refractivity contribution in [2.24, 2.45) is 5.73 Å². The van der Waals surface area contributed by atoms with E-state index in [-0.39, 0.29) is 5.60 Å². The lowest BCUT2D eigenvalue weighted by Gasteiger charge is -2.44. The Kier molecular flexibility index (Phi) is 4.89. The number of hydrogen-bond donors (Lipinski definition) is 1. The fourth-order valence-corrected chi connectivity index (χ4v) is 3.67. The molecule has 1 aromatic rings. The van der Waals surface area contributed by atoms with E-state index in [4.69, 9.17) is 15.2 Å². The number of fused-ring (bicyclic) bond motifs is 1. The van der Waals surface area contributed by atoms with Gasteiger partial charge in [0.05, 0.1) is 6.61 Å². The Morgan fingerprint density at radius 3 is 2.82 bits per heavy atom. The summed E-state index contributed by atoms with van der Waals surface area (Å²) in [4.78, 5) is 2.52. The number of rotatable bonds is 5. The van der Waals surface area contributed by atoms with Crippen LogP contribution in [0.25, 0.3) is 0 Å². The number of nitrogens with zero attached hydrogens (tertiary/aromatic N) is 1. The molecule has 0 amide bonds. The predicted octanol–water partition coefficient (Wildman–Crippen LogP) is 2.59.